The molecule has 0 aliphatic heterocycles. The van der Waals surface area contributed by atoms with E-state index in [0.717, 1.165) is 22.4 Å². The van der Waals surface area contributed by atoms with E-state index in [9.17, 15) is 0 Å². The number of hydrogen-bond donors (Lipinski definition) is 0. The fourth-order valence-corrected chi connectivity index (χ4v) is 11.0. The van der Waals surface area contributed by atoms with Crippen LogP contribution in [-0.2, 0) is 5.41 Å². The molecule has 11 aromatic rings. The number of aromatic nitrogens is 1. The van der Waals surface area contributed by atoms with Gasteiger partial charge in [-0.3, -0.25) is 4.98 Å². The van der Waals surface area contributed by atoms with Crippen LogP contribution in [0.5, 0.6) is 0 Å². The molecule has 1 spiro atoms. The van der Waals surface area contributed by atoms with Gasteiger partial charge in [-0.25, -0.2) is 0 Å². The van der Waals surface area contributed by atoms with Crippen LogP contribution >= 0.6 is 0 Å². The highest BCUT2D eigenvalue weighted by molar-refractivity contribution is 6.21. The van der Waals surface area contributed by atoms with Crippen molar-refractivity contribution in [1.82, 2.24) is 4.98 Å². The molecule has 63 heavy (non-hydrogen) atoms. The molecule has 1 nitrogen and oxygen atoms in total. The third-order valence-electron chi connectivity index (χ3n) is 13.8. The van der Waals surface area contributed by atoms with E-state index < -0.39 is 0 Å². The van der Waals surface area contributed by atoms with Crippen LogP contribution in [0.1, 0.15) is 22.3 Å². The van der Waals surface area contributed by atoms with Crippen LogP contribution in [0.25, 0.3) is 99.6 Å². The van der Waals surface area contributed by atoms with Crippen LogP contribution in [0.4, 0.5) is 0 Å². The predicted octanol–water partition coefficient (Wildman–Crippen LogP) is 16.1. The monoisotopic (exact) mass is 797 g/mol. The molecule has 0 radical (unpaired) electrons. The predicted molar refractivity (Wildman–Crippen MR) is 263 cm³/mol. The van der Waals surface area contributed by atoms with E-state index >= 15 is 0 Å². The van der Waals surface area contributed by atoms with Gasteiger partial charge in [0.25, 0.3) is 0 Å². The number of rotatable bonds is 5. The van der Waals surface area contributed by atoms with E-state index in [1.165, 1.54) is 99.4 Å². The fourth-order valence-electron chi connectivity index (χ4n) is 11.0. The highest BCUT2D eigenvalue weighted by Gasteiger charge is 2.51. The third-order valence-corrected chi connectivity index (χ3v) is 13.8. The zero-order valence-corrected chi connectivity index (χ0v) is 34.5. The second-order valence-electron chi connectivity index (χ2n) is 16.9. The van der Waals surface area contributed by atoms with Crippen LogP contribution in [-0.4, -0.2) is 4.98 Å². The van der Waals surface area contributed by atoms with Gasteiger partial charge in [-0.2, -0.15) is 0 Å². The Kier molecular flexibility index (Phi) is 7.89. The molecule has 1 aromatic heterocycles. The lowest BCUT2D eigenvalue weighted by Crippen LogP contribution is -2.25. The molecule has 10 aromatic carbocycles. The molecule has 0 unspecified atom stereocenters. The first-order chi connectivity index (χ1) is 31.3. The van der Waals surface area contributed by atoms with E-state index in [2.05, 4.69) is 231 Å². The maximum Gasteiger partial charge on any atom is 0.0725 e. The minimum atomic E-state index is -0.354. The second-order valence-corrected chi connectivity index (χ2v) is 16.9. The van der Waals surface area contributed by atoms with E-state index in [1.807, 2.05) is 6.20 Å². The lowest BCUT2D eigenvalue weighted by molar-refractivity contribution is 0.794. The molecular formula is C62H39N. The highest BCUT2D eigenvalue weighted by atomic mass is 14.7. The minimum absolute atomic E-state index is 0.354. The summed E-state index contributed by atoms with van der Waals surface area (Å²) in [5.74, 6) is 0. The quantitative estimate of drug-likeness (QED) is 0.158. The van der Waals surface area contributed by atoms with Gasteiger partial charge in [-0.05, 0) is 117 Å². The molecule has 292 valence electrons. The maximum absolute atomic E-state index is 5.19. The summed E-state index contributed by atoms with van der Waals surface area (Å²) in [6, 6.07) is 84.8. The van der Waals surface area contributed by atoms with Crippen molar-refractivity contribution in [2.24, 2.45) is 0 Å². The van der Waals surface area contributed by atoms with Crippen LogP contribution in [0.2, 0.25) is 0 Å². The topological polar surface area (TPSA) is 12.9 Å². The van der Waals surface area contributed by atoms with Crippen LogP contribution in [0.15, 0.2) is 237 Å². The average Bonchev–Trinajstić information content (AvgIpc) is 3.83. The molecule has 2 aliphatic carbocycles. The van der Waals surface area contributed by atoms with Gasteiger partial charge >= 0.3 is 0 Å². The van der Waals surface area contributed by atoms with Crippen LogP contribution in [0.3, 0.4) is 0 Å². The van der Waals surface area contributed by atoms with Crippen molar-refractivity contribution >= 4 is 21.5 Å². The van der Waals surface area contributed by atoms with Gasteiger partial charge in [0.15, 0.2) is 0 Å². The first kappa shape index (κ1) is 35.6. The second kappa shape index (κ2) is 14.0. The van der Waals surface area contributed by atoms with Gasteiger partial charge < -0.3 is 0 Å². The van der Waals surface area contributed by atoms with Gasteiger partial charge in [0.1, 0.15) is 0 Å². The number of hydrogen-bond acceptors (Lipinski definition) is 1. The van der Waals surface area contributed by atoms with Crippen molar-refractivity contribution in [1.29, 1.82) is 0 Å². The summed E-state index contributed by atoms with van der Waals surface area (Å²) in [7, 11) is 0. The van der Waals surface area contributed by atoms with Gasteiger partial charge in [0.2, 0.25) is 0 Å². The molecule has 0 fully saturated rings. The van der Waals surface area contributed by atoms with Crippen molar-refractivity contribution in [3.8, 4) is 78.0 Å². The Hall–Kier alpha value is -8.13. The van der Waals surface area contributed by atoms with Crippen LogP contribution < -0.4 is 0 Å². The molecular weight excluding hydrogens is 759 g/mol. The number of benzene rings is 10. The number of nitrogens with zero attached hydrogens (tertiary/aromatic N) is 1. The Morgan fingerprint density at radius 3 is 1.16 bits per heavy atom. The van der Waals surface area contributed by atoms with Gasteiger partial charge in [0.05, 0.1) is 11.1 Å². The Labute approximate surface area is 367 Å². The Morgan fingerprint density at radius 2 is 0.635 bits per heavy atom. The van der Waals surface area contributed by atoms with Gasteiger partial charge in [0, 0.05) is 17.3 Å². The summed E-state index contributed by atoms with van der Waals surface area (Å²) >= 11 is 0. The van der Waals surface area contributed by atoms with E-state index in [-0.39, 0.29) is 5.41 Å². The summed E-state index contributed by atoms with van der Waals surface area (Å²) < 4.78 is 0. The first-order valence-corrected chi connectivity index (χ1v) is 21.9. The van der Waals surface area contributed by atoms with Crippen molar-refractivity contribution in [2.75, 3.05) is 0 Å². The van der Waals surface area contributed by atoms with Crippen molar-refractivity contribution < 1.29 is 0 Å². The molecule has 0 N–H and O–H groups in total. The minimum Gasteiger partial charge on any atom is -0.256 e. The summed E-state index contributed by atoms with van der Waals surface area (Å²) in [6.45, 7) is 0. The van der Waals surface area contributed by atoms with E-state index in [0.29, 0.717) is 0 Å². The SMILES string of the molecule is c1ccc(-c2ccc(-c3c4ccccc4c(-c4ccc(-c5ccc(-c6ccc7c(c6)C6(c8ccccc8-c8ccccc86)c6ccccc6-7)cc5)cn4)c4ccccc34)cc2)cc1. The van der Waals surface area contributed by atoms with Crippen molar-refractivity contribution in [2.45, 2.75) is 5.41 Å². The molecule has 2 aliphatic rings. The zero-order valence-electron chi connectivity index (χ0n) is 34.5. The Balaban J connectivity index is 0.861. The summed E-state index contributed by atoms with van der Waals surface area (Å²) in [5, 5.41) is 4.85. The van der Waals surface area contributed by atoms with Crippen molar-refractivity contribution in [3.63, 3.8) is 0 Å². The first-order valence-electron chi connectivity index (χ1n) is 21.9. The van der Waals surface area contributed by atoms with E-state index in [1.54, 1.807) is 0 Å². The lowest BCUT2D eigenvalue weighted by Gasteiger charge is -2.30. The normalized spacial score (nSPS) is 12.9. The largest absolute Gasteiger partial charge is 0.256 e. The summed E-state index contributed by atoms with van der Waals surface area (Å²) in [4.78, 5) is 5.19. The molecule has 1 heterocycles. The van der Waals surface area contributed by atoms with Crippen LogP contribution in [0, 0.1) is 0 Å². The lowest BCUT2D eigenvalue weighted by atomic mass is 9.70. The molecule has 0 amide bonds. The molecule has 0 saturated carbocycles. The molecule has 0 saturated heterocycles. The fraction of sp³-hybridized carbons (Fsp3) is 0.0161. The molecule has 0 bridgehead atoms. The summed E-state index contributed by atoms with van der Waals surface area (Å²) in [5.41, 5.74) is 22.1. The third kappa shape index (κ3) is 5.27. The highest BCUT2D eigenvalue weighted by Crippen LogP contribution is 2.63. The molecule has 1 heteroatoms. The standard InChI is InChI=1S/C62H39N/c1-2-14-40(15-3-1)41-30-32-44(33-31-41)60-51-19-4-6-21-53(51)61(54-22-7-5-20-52(54)60)59-37-35-46(39-63-59)43-28-26-42(27-29-43)45-34-36-50-49-18-10-13-25-57(49)62(58(50)38-45)55-23-11-8-16-47(55)48-17-9-12-24-56(48)62/h1-39H. The Bertz CT molecular complexity index is 3460. The smallest absolute Gasteiger partial charge is 0.0725 e. The summed E-state index contributed by atoms with van der Waals surface area (Å²) in [6.07, 6.45) is 2.04. The average molecular weight is 798 g/mol. The van der Waals surface area contributed by atoms with E-state index in [4.69, 9.17) is 4.98 Å². The number of pyridine rings is 1. The number of fused-ring (bicyclic) bond motifs is 12. The van der Waals surface area contributed by atoms with Gasteiger partial charge in [-0.1, -0.05) is 218 Å². The Morgan fingerprint density at radius 1 is 0.254 bits per heavy atom. The zero-order chi connectivity index (χ0) is 41.5. The van der Waals surface area contributed by atoms with Gasteiger partial charge in [-0.15, -0.1) is 0 Å². The molecule has 13 rings (SSSR count). The molecule has 0 atom stereocenters. The van der Waals surface area contributed by atoms with Crippen molar-refractivity contribution in [3.05, 3.63) is 259 Å². The maximum atomic E-state index is 5.19.